The maximum Gasteiger partial charge on any atom is 0.226 e. The van der Waals surface area contributed by atoms with Gasteiger partial charge < -0.3 is 20.1 Å². The highest BCUT2D eigenvalue weighted by Gasteiger charge is 2.06. The number of anilines is 2. The van der Waals surface area contributed by atoms with Crippen LogP contribution in [0.3, 0.4) is 0 Å². The van der Waals surface area contributed by atoms with Crippen molar-refractivity contribution >= 4 is 17.3 Å². The normalized spacial score (nSPS) is 9.91. The average molecular weight is 300 g/mol. The van der Waals surface area contributed by atoms with Gasteiger partial charge in [0.05, 0.1) is 19.9 Å². The minimum Gasteiger partial charge on any atom is -0.497 e. The first-order chi connectivity index (χ1) is 10.7. The summed E-state index contributed by atoms with van der Waals surface area (Å²) in [5.41, 5.74) is 1.63. The van der Waals surface area contributed by atoms with Crippen molar-refractivity contribution in [2.45, 2.75) is 6.42 Å². The lowest BCUT2D eigenvalue weighted by Gasteiger charge is -2.12. The molecule has 0 spiro atoms. The standard InChI is InChI=1S/C17H20N2O3/c1-21-14-8-9-15(16(12-14)22-2)18-11-10-17(20)19-13-6-4-3-5-7-13/h3-9,12,18H,10-11H2,1-2H3,(H,19,20). The van der Waals surface area contributed by atoms with E-state index < -0.39 is 0 Å². The van der Waals surface area contributed by atoms with E-state index in [9.17, 15) is 4.79 Å². The Morgan fingerprint density at radius 2 is 1.82 bits per heavy atom. The third-order valence-electron chi connectivity index (χ3n) is 3.13. The van der Waals surface area contributed by atoms with Gasteiger partial charge in [-0.15, -0.1) is 0 Å². The summed E-state index contributed by atoms with van der Waals surface area (Å²) in [6.45, 7) is 0.515. The molecule has 2 rings (SSSR count). The highest BCUT2D eigenvalue weighted by Crippen LogP contribution is 2.28. The Balaban J connectivity index is 1.84. The van der Waals surface area contributed by atoms with E-state index in [0.717, 1.165) is 17.1 Å². The summed E-state index contributed by atoms with van der Waals surface area (Å²) >= 11 is 0. The molecule has 0 radical (unpaired) electrons. The Hall–Kier alpha value is -2.69. The van der Waals surface area contributed by atoms with Gasteiger partial charge in [-0.25, -0.2) is 0 Å². The fraction of sp³-hybridized carbons (Fsp3) is 0.235. The molecular formula is C17H20N2O3. The average Bonchev–Trinajstić information content (AvgIpc) is 2.56. The number of carbonyl (C=O) groups is 1. The molecule has 0 fully saturated rings. The van der Waals surface area contributed by atoms with Gasteiger partial charge in [0.25, 0.3) is 0 Å². The van der Waals surface area contributed by atoms with Gasteiger partial charge in [0.1, 0.15) is 11.5 Å². The summed E-state index contributed by atoms with van der Waals surface area (Å²) in [6.07, 6.45) is 0.365. The molecule has 1 amide bonds. The van der Waals surface area contributed by atoms with Crippen LogP contribution in [0.1, 0.15) is 6.42 Å². The maximum absolute atomic E-state index is 11.9. The molecule has 0 atom stereocenters. The number of methoxy groups -OCH3 is 2. The largest absolute Gasteiger partial charge is 0.497 e. The van der Waals surface area contributed by atoms with Gasteiger partial charge in [-0.1, -0.05) is 18.2 Å². The molecule has 116 valence electrons. The second kappa shape index (κ2) is 7.93. The molecule has 5 heteroatoms. The van der Waals surface area contributed by atoms with Crippen LogP contribution >= 0.6 is 0 Å². The Labute approximate surface area is 130 Å². The first-order valence-electron chi connectivity index (χ1n) is 7.03. The van der Waals surface area contributed by atoms with Crippen molar-refractivity contribution in [1.29, 1.82) is 0 Å². The Kier molecular flexibility index (Phi) is 5.65. The third-order valence-corrected chi connectivity index (χ3v) is 3.13. The second-order valence-electron chi connectivity index (χ2n) is 4.66. The summed E-state index contributed by atoms with van der Waals surface area (Å²) in [4.78, 5) is 11.9. The van der Waals surface area contributed by atoms with Crippen LogP contribution in [0.2, 0.25) is 0 Å². The van der Waals surface area contributed by atoms with E-state index in [1.165, 1.54) is 0 Å². The van der Waals surface area contributed by atoms with Crippen LogP contribution in [0, 0.1) is 0 Å². The fourth-order valence-electron chi connectivity index (χ4n) is 2.00. The smallest absolute Gasteiger partial charge is 0.226 e. The lowest BCUT2D eigenvalue weighted by molar-refractivity contribution is -0.115. The first-order valence-corrected chi connectivity index (χ1v) is 7.03. The van der Waals surface area contributed by atoms with E-state index in [-0.39, 0.29) is 5.91 Å². The number of carbonyl (C=O) groups excluding carboxylic acids is 1. The van der Waals surface area contributed by atoms with Crippen molar-refractivity contribution in [3.8, 4) is 11.5 Å². The molecule has 0 heterocycles. The van der Waals surface area contributed by atoms with Gasteiger partial charge in [-0.3, -0.25) is 4.79 Å². The first kappa shape index (κ1) is 15.7. The fourth-order valence-corrected chi connectivity index (χ4v) is 2.00. The van der Waals surface area contributed by atoms with E-state index in [4.69, 9.17) is 9.47 Å². The van der Waals surface area contributed by atoms with E-state index in [2.05, 4.69) is 10.6 Å². The van der Waals surface area contributed by atoms with Gasteiger partial charge >= 0.3 is 0 Å². The zero-order valence-corrected chi connectivity index (χ0v) is 12.8. The molecule has 22 heavy (non-hydrogen) atoms. The number of hydrogen-bond acceptors (Lipinski definition) is 4. The lowest BCUT2D eigenvalue weighted by atomic mass is 10.2. The molecule has 2 aromatic carbocycles. The predicted molar refractivity (Wildman–Crippen MR) is 87.7 cm³/mol. The molecule has 0 bridgehead atoms. The molecule has 5 nitrogen and oxygen atoms in total. The topological polar surface area (TPSA) is 59.6 Å². The minimum atomic E-state index is -0.0359. The van der Waals surface area contributed by atoms with E-state index in [1.54, 1.807) is 20.3 Å². The highest BCUT2D eigenvalue weighted by atomic mass is 16.5. The van der Waals surface area contributed by atoms with Crippen LogP contribution in [0.4, 0.5) is 11.4 Å². The van der Waals surface area contributed by atoms with Crippen LogP contribution in [0.25, 0.3) is 0 Å². The summed E-state index contributed by atoms with van der Waals surface area (Å²) in [5, 5.41) is 6.04. The van der Waals surface area contributed by atoms with E-state index in [1.807, 2.05) is 42.5 Å². The van der Waals surface area contributed by atoms with Crippen LogP contribution < -0.4 is 20.1 Å². The number of para-hydroxylation sites is 1. The summed E-state index contributed by atoms with van der Waals surface area (Å²) < 4.78 is 10.4. The number of hydrogen-bond donors (Lipinski definition) is 2. The molecule has 0 aliphatic heterocycles. The van der Waals surface area contributed by atoms with Gasteiger partial charge in [0.2, 0.25) is 5.91 Å². The quantitative estimate of drug-likeness (QED) is 0.824. The Morgan fingerprint density at radius 3 is 2.50 bits per heavy atom. The number of ether oxygens (including phenoxy) is 2. The molecule has 0 unspecified atom stereocenters. The monoisotopic (exact) mass is 300 g/mol. The third kappa shape index (κ3) is 4.41. The molecule has 0 aliphatic carbocycles. The van der Waals surface area contributed by atoms with Crippen LogP contribution in [0.5, 0.6) is 11.5 Å². The zero-order chi connectivity index (χ0) is 15.8. The van der Waals surface area contributed by atoms with Gasteiger partial charge in [0.15, 0.2) is 0 Å². The van der Waals surface area contributed by atoms with Crippen molar-refractivity contribution in [2.24, 2.45) is 0 Å². The summed E-state index contributed by atoms with van der Waals surface area (Å²) in [5.74, 6) is 1.37. The number of amides is 1. The van der Waals surface area contributed by atoms with Gasteiger partial charge in [-0.05, 0) is 24.3 Å². The lowest BCUT2D eigenvalue weighted by Crippen LogP contribution is -2.16. The van der Waals surface area contributed by atoms with Crippen LogP contribution in [0.15, 0.2) is 48.5 Å². The number of nitrogens with one attached hydrogen (secondary N) is 2. The second-order valence-corrected chi connectivity index (χ2v) is 4.66. The van der Waals surface area contributed by atoms with E-state index in [0.29, 0.717) is 18.7 Å². The van der Waals surface area contributed by atoms with E-state index >= 15 is 0 Å². The van der Waals surface area contributed by atoms with Crippen molar-refractivity contribution in [3.05, 3.63) is 48.5 Å². The van der Waals surface area contributed by atoms with Crippen LogP contribution in [-0.2, 0) is 4.79 Å². The van der Waals surface area contributed by atoms with Crippen molar-refractivity contribution < 1.29 is 14.3 Å². The van der Waals surface area contributed by atoms with Crippen LogP contribution in [-0.4, -0.2) is 26.7 Å². The maximum atomic E-state index is 11.9. The van der Waals surface area contributed by atoms with Crippen molar-refractivity contribution in [1.82, 2.24) is 0 Å². The van der Waals surface area contributed by atoms with Crippen molar-refractivity contribution in [3.63, 3.8) is 0 Å². The molecule has 0 saturated carbocycles. The molecule has 0 aromatic heterocycles. The highest BCUT2D eigenvalue weighted by molar-refractivity contribution is 5.90. The SMILES string of the molecule is COc1ccc(NCCC(=O)Nc2ccccc2)c(OC)c1. The summed E-state index contributed by atoms with van der Waals surface area (Å²) in [6, 6.07) is 14.9. The van der Waals surface area contributed by atoms with Crippen molar-refractivity contribution in [2.75, 3.05) is 31.4 Å². The molecule has 0 aliphatic rings. The molecular weight excluding hydrogens is 280 g/mol. The molecule has 2 N–H and O–H groups in total. The molecule has 2 aromatic rings. The summed E-state index contributed by atoms with van der Waals surface area (Å²) in [7, 11) is 3.21. The van der Waals surface area contributed by atoms with Gasteiger partial charge in [0, 0.05) is 24.7 Å². The Bertz CT molecular complexity index is 615. The Morgan fingerprint density at radius 1 is 1.05 bits per heavy atom. The number of benzene rings is 2. The minimum absolute atomic E-state index is 0.0359. The van der Waals surface area contributed by atoms with Gasteiger partial charge in [-0.2, -0.15) is 0 Å². The number of rotatable bonds is 7. The predicted octanol–water partition coefficient (Wildman–Crippen LogP) is 3.14. The zero-order valence-electron chi connectivity index (χ0n) is 12.8. The molecule has 0 saturated heterocycles.